The van der Waals surface area contributed by atoms with Crippen LogP contribution in [0.5, 0.6) is 0 Å². The van der Waals surface area contributed by atoms with E-state index in [9.17, 15) is 9.59 Å². The molecular formula is C8H15FO5. The van der Waals surface area contributed by atoms with Crippen LogP contribution in [0.3, 0.4) is 0 Å². The summed E-state index contributed by atoms with van der Waals surface area (Å²) in [6, 6.07) is 0. The third-order valence-corrected chi connectivity index (χ3v) is 0.349. The summed E-state index contributed by atoms with van der Waals surface area (Å²) in [7, 11) is 0. The number of carboxylic acid groups (broad SMARTS) is 2. The summed E-state index contributed by atoms with van der Waals surface area (Å²) in [5.41, 5.74) is 0. The minimum Gasteiger partial charge on any atom is -0.478 e. The second-order valence-corrected chi connectivity index (χ2v) is 1.40. The summed E-state index contributed by atoms with van der Waals surface area (Å²) < 4.78 is 0. The Balaban J connectivity index is -0.0000000535. The minimum atomic E-state index is -0.981. The van der Waals surface area contributed by atoms with Crippen LogP contribution in [0.2, 0.25) is 0 Å². The summed E-state index contributed by atoms with van der Waals surface area (Å²) in [6.07, 6.45) is 1.67. The molecule has 0 bridgehead atoms. The van der Waals surface area contributed by atoms with E-state index in [1.165, 1.54) is 0 Å². The minimum absolute atomic E-state index is 0. The number of aliphatic hydroxyl groups excluding tert-OH is 1. The number of aliphatic carboxylic acids is 2. The number of hydrogen-bond acceptors (Lipinski definition) is 3. The van der Waals surface area contributed by atoms with Crippen LogP contribution in [-0.2, 0) is 9.59 Å². The topological polar surface area (TPSA) is 94.8 Å². The fraction of sp³-hybridized carbons (Fsp3) is 0.250. The van der Waals surface area contributed by atoms with Crippen molar-refractivity contribution in [2.45, 2.75) is 6.92 Å². The SMILES string of the molecule is C=CC(=O)O.C=CC(=O)O.CCO.F. The van der Waals surface area contributed by atoms with E-state index in [0.717, 1.165) is 12.2 Å². The summed E-state index contributed by atoms with van der Waals surface area (Å²) in [4.78, 5) is 18.5. The Kier molecular flexibility index (Phi) is 36.6. The molecule has 0 rings (SSSR count). The van der Waals surface area contributed by atoms with Gasteiger partial charge < -0.3 is 15.3 Å². The lowest BCUT2D eigenvalue weighted by Gasteiger charge is -1.64. The maximum Gasteiger partial charge on any atom is 0.327 e. The van der Waals surface area contributed by atoms with Gasteiger partial charge in [-0.1, -0.05) is 13.2 Å². The van der Waals surface area contributed by atoms with Gasteiger partial charge in [-0.3, -0.25) is 4.70 Å². The van der Waals surface area contributed by atoms with Gasteiger partial charge in [0, 0.05) is 18.8 Å². The zero-order valence-corrected chi connectivity index (χ0v) is 7.84. The first kappa shape index (κ1) is 22.8. The molecule has 14 heavy (non-hydrogen) atoms. The van der Waals surface area contributed by atoms with Crippen molar-refractivity contribution >= 4 is 11.9 Å². The van der Waals surface area contributed by atoms with Crippen molar-refractivity contribution in [2.24, 2.45) is 0 Å². The molecule has 0 fully saturated rings. The number of halogens is 1. The molecule has 0 aliphatic carbocycles. The quantitative estimate of drug-likeness (QED) is 0.582. The van der Waals surface area contributed by atoms with E-state index in [1.807, 2.05) is 0 Å². The van der Waals surface area contributed by atoms with Crippen molar-refractivity contribution in [3.63, 3.8) is 0 Å². The summed E-state index contributed by atoms with van der Waals surface area (Å²) in [5.74, 6) is -1.96. The van der Waals surface area contributed by atoms with Crippen LogP contribution >= 0.6 is 0 Å². The highest BCUT2D eigenvalue weighted by atomic mass is 19.0. The monoisotopic (exact) mass is 210 g/mol. The van der Waals surface area contributed by atoms with Gasteiger partial charge in [-0.15, -0.1) is 0 Å². The summed E-state index contributed by atoms with van der Waals surface area (Å²) in [6.45, 7) is 7.85. The smallest absolute Gasteiger partial charge is 0.327 e. The van der Waals surface area contributed by atoms with E-state index in [1.54, 1.807) is 6.92 Å². The summed E-state index contributed by atoms with van der Waals surface area (Å²) >= 11 is 0. The molecule has 0 aromatic carbocycles. The molecule has 3 N–H and O–H groups in total. The van der Waals surface area contributed by atoms with Gasteiger partial charge in [0.05, 0.1) is 0 Å². The number of aliphatic hydroxyl groups is 1. The molecule has 0 aromatic rings. The lowest BCUT2D eigenvalue weighted by Crippen LogP contribution is -1.82. The van der Waals surface area contributed by atoms with Crippen molar-refractivity contribution in [2.75, 3.05) is 6.61 Å². The number of carbonyl (C=O) groups is 2. The van der Waals surface area contributed by atoms with Gasteiger partial charge in [0.15, 0.2) is 0 Å². The van der Waals surface area contributed by atoms with E-state index >= 15 is 0 Å². The first-order valence-corrected chi connectivity index (χ1v) is 3.27. The molecule has 0 saturated heterocycles. The van der Waals surface area contributed by atoms with Crippen LogP contribution in [0.25, 0.3) is 0 Å². The van der Waals surface area contributed by atoms with Crippen LogP contribution in [0, 0.1) is 0 Å². The van der Waals surface area contributed by atoms with Crippen molar-refractivity contribution in [3.8, 4) is 0 Å². The predicted molar refractivity (Wildman–Crippen MR) is 50.9 cm³/mol. The fourth-order valence-corrected chi connectivity index (χ4v) is 0. The highest BCUT2D eigenvalue weighted by Crippen LogP contribution is 1.55. The Morgan fingerprint density at radius 1 is 1.14 bits per heavy atom. The van der Waals surface area contributed by atoms with Crippen molar-refractivity contribution in [1.29, 1.82) is 0 Å². The Labute approximate surface area is 81.4 Å². The van der Waals surface area contributed by atoms with Crippen LogP contribution in [0.4, 0.5) is 4.70 Å². The maximum absolute atomic E-state index is 9.25. The van der Waals surface area contributed by atoms with Crippen molar-refractivity contribution < 1.29 is 29.6 Å². The Morgan fingerprint density at radius 3 is 1.21 bits per heavy atom. The lowest BCUT2D eigenvalue weighted by atomic mass is 10.7. The molecule has 0 radical (unpaired) electrons. The van der Waals surface area contributed by atoms with E-state index < -0.39 is 11.9 Å². The molecule has 0 atom stereocenters. The molecule has 84 valence electrons. The maximum atomic E-state index is 9.25. The third-order valence-electron chi connectivity index (χ3n) is 0.349. The average Bonchev–Trinajstić information content (AvgIpc) is 2.07. The lowest BCUT2D eigenvalue weighted by molar-refractivity contribution is -0.132. The Morgan fingerprint density at radius 2 is 1.21 bits per heavy atom. The van der Waals surface area contributed by atoms with Crippen LogP contribution in [0.15, 0.2) is 25.3 Å². The molecule has 0 heterocycles. The average molecular weight is 210 g/mol. The molecule has 5 nitrogen and oxygen atoms in total. The van der Waals surface area contributed by atoms with E-state index in [-0.39, 0.29) is 11.3 Å². The molecule has 6 heteroatoms. The molecule has 0 unspecified atom stereocenters. The molecular weight excluding hydrogens is 195 g/mol. The largest absolute Gasteiger partial charge is 0.478 e. The molecule has 0 spiro atoms. The van der Waals surface area contributed by atoms with Gasteiger partial charge in [0.25, 0.3) is 0 Å². The van der Waals surface area contributed by atoms with Gasteiger partial charge in [0.2, 0.25) is 0 Å². The van der Waals surface area contributed by atoms with Crippen LogP contribution in [0.1, 0.15) is 6.92 Å². The van der Waals surface area contributed by atoms with E-state index in [0.29, 0.717) is 0 Å². The standard InChI is InChI=1S/2C3H4O2.C2H6O.FH/c2*1-2-3(4)5;1-2-3;/h2*2H,1H2,(H,4,5);3H,2H2,1H3;1H. The first-order chi connectivity index (χ1) is 5.95. The molecule has 0 aliphatic heterocycles. The predicted octanol–water partition coefficient (Wildman–Crippen LogP) is 0.665. The second-order valence-electron chi connectivity index (χ2n) is 1.40. The van der Waals surface area contributed by atoms with Crippen molar-refractivity contribution in [1.82, 2.24) is 0 Å². The van der Waals surface area contributed by atoms with Crippen LogP contribution < -0.4 is 0 Å². The highest BCUT2D eigenvalue weighted by molar-refractivity contribution is 5.79. The van der Waals surface area contributed by atoms with Gasteiger partial charge in [0.1, 0.15) is 0 Å². The van der Waals surface area contributed by atoms with Crippen LogP contribution in [-0.4, -0.2) is 33.9 Å². The molecule has 0 saturated carbocycles. The number of carboxylic acids is 2. The Hall–Kier alpha value is -1.69. The Bertz CT molecular complexity index is 149. The highest BCUT2D eigenvalue weighted by Gasteiger charge is 1.73. The normalized spacial score (nSPS) is 5.86. The van der Waals surface area contributed by atoms with E-state index in [2.05, 4.69) is 13.2 Å². The fourth-order valence-electron chi connectivity index (χ4n) is 0. The zero-order valence-electron chi connectivity index (χ0n) is 7.84. The first-order valence-electron chi connectivity index (χ1n) is 3.27. The van der Waals surface area contributed by atoms with Gasteiger partial charge >= 0.3 is 11.9 Å². The number of rotatable bonds is 2. The summed E-state index contributed by atoms with van der Waals surface area (Å²) in [5, 5.41) is 22.8. The van der Waals surface area contributed by atoms with Gasteiger partial charge in [-0.2, -0.15) is 0 Å². The number of hydrogen-bond donors (Lipinski definition) is 3. The van der Waals surface area contributed by atoms with Gasteiger partial charge in [-0.05, 0) is 6.92 Å². The molecule has 0 aliphatic rings. The van der Waals surface area contributed by atoms with Crippen molar-refractivity contribution in [3.05, 3.63) is 25.3 Å². The zero-order chi connectivity index (χ0) is 11.3. The molecule has 0 aromatic heterocycles. The second kappa shape index (κ2) is 22.5. The van der Waals surface area contributed by atoms with E-state index in [4.69, 9.17) is 15.3 Å². The van der Waals surface area contributed by atoms with Gasteiger partial charge in [-0.25, -0.2) is 9.59 Å². The third kappa shape index (κ3) is 167. The molecule has 0 amide bonds.